The van der Waals surface area contributed by atoms with Crippen molar-refractivity contribution in [2.75, 3.05) is 6.61 Å². The lowest BCUT2D eigenvalue weighted by molar-refractivity contribution is 0.0283. The van der Waals surface area contributed by atoms with Crippen LogP contribution in [-0.2, 0) is 0 Å². The highest BCUT2D eigenvalue weighted by atomic mass is 16.5. The molecule has 3 heterocycles. The molecule has 0 radical (unpaired) electrons. The number of aliphatic hydroxyl groups is 1. The summed E-state index contributed by atoms with van der Waals surface area (Å²) < 4.78 is 7.17. The zero-order valence-corrected chi connectivity index (χ0v) is 12.9. The minimum Gasteiger partial charge on any atom is -0.489 e. The number of rotatable bonds is 4. The average molecular weight is 308 g/mol. The fraction of sp³-hybridized carbons (Fsp3) is 0.235. The van der Waals surface area contributed by atoms with E-state index in [1.165, 1.54) is 0 Å². The third-order valence-corrected chi connectivity index (χ3v) is 3.24. The van der Waals surface area contributed by atoms with Crippen LogP contribution in [0.2, 0.25) is 0 Å². The Morgan fingerprint density at radius 3 is 2.83 bits per heavy atom. The fourth-order valence-electron chi connectivity index (χ4n) is 2.19. The molecule has 0 amide bonds. The second-order valence-corrected chi connectivity index (χ2v) is 5.87. The Kier molecular flexibility index (Phi) is 3.72. The Balaban J connectivity index is 2.03. The van der Waals surface area contributed by atoms with Gasteiger partial charge in [0.2, 0.25) is 0 Å². The van der Waals surface area contributed by atoms with Crippen LogP contribution in [-0.4, -0.2) is 31.9 Å². The summed E-state index contributed by atoms with van der Waals surface area (Å²) in [6, 6.07) is 9.41. The predicted octanol–water partition coefficient (Wildman–Crippen LogP) is 2.42. The molecule has 6 nitrogen and oxygen atoms in total. The third kappa shape index (κ3) is 3.15. The number of hydrogen-bond donors (Lipinski definition) is 1. The van der Waals surface area contributed by atoms with Gasteiger partial charge >= 0.3 is 0 Å². The smallest absolute Gasteiger partial charge is 0.137 e. The summed E-state index contributed by atoms with van der Waals surface area (Å²) in [6.07, 6.45) is 5.05. The molecule has 3 aromatic rings. The van der Waals surface area contributed by atoms with E-state index in [4.69, 9.17) is 4.74 Å². The highest BCUT2D eigenvalue weighted by Gasteiger charge is 2.16. The highest BCUT2D eigenvalue weighted by molar-refractivity contribution is 5.76. The summed E-state index contributed by atoms with van der Waals surface area (Å²) >= 11 is 0. The quantitative estimate of drug-likeness (QED) is 0.800. The SMILES string of the molecule is CC(C)(O)COc1ccc2c(C#N)c(-c3cccnc3)nn2c1. The summed E-state index contributed by atoms with van der Waals surface area (Å²) in [4.78, 5) is 4.07. The number of fused-ring (bicyclic) bond motifs is 1. The number of nitriles is 1. The van der Waals surface area contributed by atoms with E-state index >= 15 is 0 Å². The van der Waals surface area contributed by atoms with Gasteiger partial charge in [-0.1, -0.05) is 0 Å². The molecular formula is C17H16N4O2. The van der Waals surface area contributed by atoms with Gasteiger partial charge in [-0.05, 0) is 38.1 Å². The van der Waals surface area contributed by atoms with Crippen LogP contribution in [0.25, 0.3) is 16.8 Å². The van der Waals surface area contributed by atoms with Gasteiger partial charge in [0.05, 0.1) is 17.3 Å². The summed E-state index contributed by atoms with van der Waals surface area (Å²) in [5.74, 6) is 0.573. The van der Waals surface area contributed by atoms with E-state index in [1.54, 1.807) is 55.2 Å². The Labute approximate surface area is 133 Å². The largest absolute Gasteiger partial charge is 0.489 e. The monoisotopic (exact) mass is 308 g/mol. The lowest BCUT2D eigenvalue weighted by atomic mass is 10.1. The topological polar surface area (TPSA) is 83.4 Å². The van der Waals surface area contributed by atoms with Crippen molar-refractivity contribution in [3.8, 4) is 23.1 Å². The van der Waals surface area contributed by atoms with Crippen molar-refractivity contribution in [1.29, 1.82) is 5.26 Å². The molecule has 0 aliphatic carbocycles. The molecule has 0 unspecified atom stereocenters. The van der Waals surface area contributed by atoms with Gasteiger partial charge in [0.1, 0.15) is 29.7 Å². The first-order valence-electron chi connectivity index (χ1n) is 7.16. The van der Waals surface area contributed by atoms with Crippen molar-refractivity contribution < 1.29 is 9.84 Å². The van der Waals surface area contributed by atoms with Crippen molar-refractivity contribution in [3.63, 3.8) is 0 Å². The number of ether oxygens (including phenoxy) is 1. The van der Waals surface area contributed by atoms with Gasteiger partial charge in [-0.15, -0.1) is 0 Å². The third-order valence-electron chi connectivity index (χ3n) is 3.24. The van der Waals surface area contributed by atoms with E-state index in [2.05, 4.69) is 16.2 Å². The summed E-state index contributed by atoms with van der Waals surface area (Å²) in [6.45, 7) is 3.52. The van der Waals surface area contributed by atoms with Crippen molar-refractivity contribution in [1.82, 2.24) is 14.6 Å². The van der Waals surface area contributed by atoms with E-state index in [0.717, 1.165) is 5.56 Å². The first kappa shape index (κ1) is 15.0. The molecule has 23 heavy (non-hydrogen) atoms. The number of pyridine rings is 2. The molecule has 0 atom stereocenters. The van der Waals surface area contributed by atoms with Gasteiger partial charge in [0.25, 0.3) is 0 Å². The van der Waals surface area contributed by atoms with Crippen LogP contribution in [0.3, 0.4) is 0 Å². The van der Waals surface area contributed by atoms with Crippen LogP contribution in [0, 0.1) is 11.3 Å². The molecule has 0 saturated heterocycles. The Hall–Kier alpha value is -2.91. The second kappa shape index (κ2) is 5.71. The molecule has 1 N–H and O–H groups in total. The van der Waals surface area contributed by atoms with Crippen molar-refractivity contribution >= 4 is 5.52 Å². The molecule has 3 rings (SSSR count). The summed E-state index contributed by atoms with van der Waals surface area (Å²) in [5.41, 5.74) is 1.64. The van der Waals surface area contributed by atoms with Gasteiger partial charge in [-0.3, -0.25) is 4.98 Å². The maximum absolute atomic E-state index is 9.73. The maximum atomic E-state index is 9.73. The highest BCUT2D eigenvalue weighted by Crippen LogP contribution is 2.26. The number of aromatic nitrogens is 3. The van der Waals surface area contributed by atoms with Crippen LogP contribution in [0.5, 0.6) is 5.75 Å². The number of hydrogen-bond acceptors (Lipinski definition) is 5. The number of nitrogens with zero attached hydrogens (tertiary/aromatic N) is 4. The van der Waals surface area contributed by atoms with E-state index < -0.39 is 5.60 Å². The lowest BCUT2D eigenvalue weighted by Crippen LogP contribution is -2.27. The van der Waals surface area contributed by atoms with Gasteiger partial charge < -0.3 is 9.84 Å². The lowest BCUT2D eigenvalue weighted by Gasteiger charge is -2.17. The standard InChI is InChI=1S/C17H16N4O2/c1-17(2,22)11-23-13-5-6-15-14(8-18)16(20-21(15)10-13)12-4-3-7-19-9-12/h3-7,9-10,22H,11H2,1-2H3. The molecule has 0 aliphatic rings. The zero-order chi connectivity index (χ0) is 16.4. The molecule has 0 aliphatic heterocycles. The van der Waals surface area contributed by atoms with Gasteiger partial charge in [0, 0.05) is 18.0 Å². The molecule has 0 fully saturated rings. The molecule has 116 valence electrons. The van der Waals surface area contributed by atoms with Crippen molar-refractivity contribution in [3.05, 3.63) is 48.4 Å². The Bertz CT molecular complexity index is 873. The van der Waals surface area contributed by atoms with E-state index in [-0.39, 0.29) is 6.61 Å². The van der Waals surface area contributed by atoms with Crippen LogP contribution in [0.4, 0.5) is 0 Å². The second-order valence-electron chi connectivity index (χ2n) is 5.87. The fourth-order valence-corrected chi connectivity index (χ4v) is 2.19. The van der Waals surface area contributed by atoms with E-state index in [1.807, 2.05) is 6.07 Å². The molecular weight excluding hydrogens is 292 g/mol. The summed E-state index contributed by atoms with van der Waals surface area (Å²) in [5, 5.41) is 23.7. The van der Waals surface area contributed by atoms with Gasteiger partial charge in [0.15, 0.2) is 0 Å². The van der Waals surface area contributed by atoms with E-state index in [9.17, 15) is 10.4 Å². The van der Waals surface area contributed by atoms with Crippen LogP contribution >= 0.6 is 0 Å². The molecule has 0 spiro atoms. The van der Waals surface area contributed by atoms with Gasteiger partial charge in [-0.25, -0.2) is 4.52 Å². The molecule has 6 heteroatoms. The van der Waals surface area contributed by atoms with Crippen molar-refractivity contribution in [2.45, 2.75) is 19.4 Å². The van der Waals surface area contributed by atoms with Crippen LogP contribution in [0.15, 0.2) is 42.9 Å². The van der Waals surface area contributed by atoms with Crippen LogP contribution < -0.4 is 4.74 Å². The zero-order valence-electron chi connectivity index (χ0n) is 12.9. The van der Waals surface area contributed by atoms with E-state index in [0.29, 0.717) is 22.5 Å². The van der Waals surface area contributed by atoms with Crippen molar-refractivity contribution in [2.24, 2.45) is 0 Å². The molecule has 3 aromatic heterocycles. The first-order chi connectivity index (χ1) is 11.0. The normalized spacial score (nSPS) is 11.4. The minimum atomic E-state index is -0.919. The Morgan fingerprint density at radius 1 is 1.35 bits per heavy atom. The predicted molar refractivity (Wildman–Crippen MR) is 84.9 cm³/mol. The average Bonchev–Trinajstić information content (AvgIpc) is 2.91. The summed E-state index contributed by atoms with van der Waals surface area (Å²) in [7, 11) is 0. The minimum absolute atomic E-state index is 0.167. The molecule has 0 saturated carbocycles. The molecule has 0 bridgehead atoms. The van der Waals surface area contributed by atoms with Crippen LogP contribution in [0.1, 0.15) is 19.4 Å². The maximum Gasteiger partial charge on any atom is 0.137 e. The Morgan fingerprint density at radius 2 is 2.17 bits per heavy atom. The molecule has 0 aromatic carbocycles. The first-order valence-corrected chi connectivity index (χ1v) is 7.16. The van der Waals surface area contributed by atoms with Gasteiger partial charge in [-0.2, -0.15) is 10.4 Å².